The first kappa shape index (κ1) is 20.0. The van der Waals surface area contributed by atoms with Crippen LogP contribution in [0.4, 0.5) is 26.3 Å². The molecule has 0 nitrogen and oxygen atoms in total. The molecule has 0 aromatic heterocycles. The fraction of sp³-hybridized carbons (Fsp3) is 0.0588. The van der Waals surface area contributed by atoms with Crippen LogP contribution in [0.1, 0.15) is 16.7 Å². The normalized spacial score (nSPS) is 10.5. The number of alkyl halides is 3. The Morgan fingerprint density at radius 1 is 0.958 bits per heavy atom. The summed E-state index contributed by atoms with van der Waals surface area (Å²) in [5.41, 5.74) is -0.106. The van der Waals surface area contributed by atoms with Crippen molar-refractivity contribution in [1.82, 2.24) is 0 Å². The summed E-state index contributed by atoms with van der Waals surface area (Å²) in [5, 5.41) is 0. The largest absolute Gasteiger partial charge is 0.416 e. The van der Waals surface area contributed by atoms with Gasteiger partial charge in [0.2, 0.25) is 0 Å². The Morgan fingerprint density at radius 3 is 1.96 bits per heavy atom. The number of halogens is 7. The average Bonchev–Trinajstić information content (AvgIpc) is 2.54. The second-order valence-electron chi connectivity index (χ2n) is 4.38. The molecule has 128 valence electrons. The fourth-order valence-electron chi connectivity index (χ4n) is 1.56. The van der Waals surface area contributed by atoms with Crippen LogP contribution in [0.5, 0.6) is 0 Å². The van der Waals surface area contributed by atoms with Gasteiger partial charge in [-0.05, 0) is 17.7 Å². The molecular formula is C17H11BrF6. The molecule has 2 aromatic carbocycles. The van der Waals surface area contributed by atoms with Gasteiger partial charge in [0.25, 0.3) is 0 Å². The molecule has 0 saturated carbocycles. The Kier molecular flexibility index (Phi) is 7.28. The third kappa shape index (κ3) is 5.88. The van der Waals surface area contributed by atoms with E-state index in [0.717, 1.165) is 12.1 Å². The molecule has 2 aromatic rings. The van der Waals surface area contributed by atoms with Gasteiger partial charge in [-0.25, -0.2) is 4.39 Å². The summed E-state index contributed by atoms with van der Waals surface area (Å²) in [4.78, 5) is 0. The van der Waals surface area contributed by atoms with Gasteiger partial charge in [0.1, 0.15) is 0 Å². The summed E-state index contributed by atoms with van der Waals surface area (Å²) in [6, 6.07) is 10.6. The van der Waals surface area contributed by atoms with Crippen molar-refractivity contribution < 1.29 is 26.3 Å². The molecule has 2 rings (SSSR count). The first-order chi connectivity index (χ1) is 11.2. The van der Waals surface area contributed by atoms with E-state index >= 15 is 0 Å². The predicted octanol–water partition coefficient (Wildman–Crippen LogP) is 7.33. The van der Waals surface area contributed by atoms with Gasteiger partial charge < -0.3 is 0 Å². The lowest BCUT2D eigenvalue weighted by Gasteiger charge is -2.07. The van der Waals surface area contributed by atoms with Gasteiger partial charge in [0, 0.05) is 10.0 Å². The Bertz CT molecular complexity index is 716. The van der Waals surface area contributed by atoms with E-state index in [1.807, 2.05) is 0 Å². The molecule has 0 amide bonds. The number of hydrogen-bond donors (Lipinski definition) is 0. The minimum Gasteiger partial charge on any atom is -0.200 e. The van der Waals surface area contributed by atoms with E-state index in [1.165, 1.54) is 36.4 Å². The Labute approximate surface area is 143 Å². The van der Waals surface area contributed by atoms with E-state index in [4.69, 9.17) is 0 Å². The molecule has 0 aliphatic heterocycles. The van der Waals surface area contributed by atoms with Gasteiger partial charge in [-0.15, -0.1) is 0 Å². The summed E-state index contributed by atoms with van der Waals surface area (Å²) >= 11 is 3.03. The lowest BCUT2D eigenvalue weighted by molar-refractivity contribution is -0.137. The van der Waals surface area contributed by atoms with Crippen molar-refractivity contribution in [1.29, 1.82) is 0 Å². The zero-order chi connectivity index (χ0) is 18.3. The zero-order valence-electron chi connectivity index (χ0n) is 12.0. The quantitative estimate of drug-likeness (QED) is 0.456. The standard InChI is InChI=1S/C9H6BrF3.C8H5F3/c1-2-6-3-4-7(5-8(6)10)9(11,12)13;9-7(8(10)11)6-4-2-1-3-5-6/h2-5H,1H2;1-5H. The van der Waals surface area contributed by atoms with E-state index < -0.39 is 23.6 Å². The van der Waals surface area contributed by atoms with Gasteiger partial charge in [-0.2, -0.15) is 22.0 Å². The lowest BCUT2D eigenvalue weighted by atomic mass is 10.1. The van der Waals surface area contributed by atoms with Gasteiger partial charge in [0.15, 0.2) is 5.83 Å². The van der Waals surface area contributed by atoms with Crippen molar-refractivity contribution in [3.05, 3.63) is 82.4 Å². The van der Waals surface area contributed by atoms with E-state index in [0.29, 0.717) is 10.0 Å². The van der Waals surface area contributed by atoms with Crippen molar-refractivity contribution >= 4 is 27.8 Å². The molecule has 0 N–H and O–H groups in total. The van der Waals surface area contributed by atoms with Crippen molar-refractivity contribution in [2.24, 2.45) is 0 Å². The third-order valence-electron chi connectivity index (χ3n) is 2.74. The minimum atomic E-state index is -4.29. The molecule has 0 aliphatic carbocycles. The maximum absolute atomic E-state index is 12.4. The predicted molar refractivity (Wildman–Crippen MR) is 85.9 cm³/mol. The molecule has 0 unspecified atom stereocenters. The molecule has 7 heteroatoms. The highest BCUT2D eigenvalue weighted by molar-refractivity contribution is 9.10. The first-order valence-corrected chi connectivity index (χ1v) is 7.21. The van der Waals surface area contributed by atoms with Crippen LogP contribution in [-0.4, -0.2) is 0 Å². The summed E-state index contributed by atoms with van der Waals surface area (Å²) in [6.07, 6.45) is -5.08. The molecule has 0 fully saturated rings. The molecule has 0 heterocycles. The van der Waals surface area contributed by atoms with Crippen LogP contribution >= 0.6 is 15.9 Å². The third-order valence-corrected chi connectivity index (χ3v) is 3.43. The Balaban J connectivity index is 0.000000243. The van der Waals surface area contributed by atoms with Gasteiger partial charge in [-0.3, -0.25) is 0 Å². The molecule has 0 spiro atoms. The zero-order valence-corrected chi connectivity index (χ0v) is 13.6. The second-order valence-corrected chi connectivity index (χ2v) is 5.23. The fourth-order valence-corrected chi connectivity index (χ4v) is 2.10. The van der Waals surface area contributed by atoms with Crippen LogP contribution in [0, 0.1) is 0 Å². The summed E-state index contributed by atoms with van der Waals surface area (Å²) in [6.45, 7) is 3.47. The van der Waals surface area contributed by atoms with Gasteiger partial charge >= 0.3 is 12.3 Å². The van der Waals surface area contributed by atoms with Crippen molar-refractivity contribution in [3.8, 4) is 0 Å². The maximum Gasteiger partial charge on any atom is 0.416 e. The monoisotopic (exact) mass is 408 g/mol. The van der Waals surface area contributed by atoms with E-state index in [2.05, 4.69) is 22.5 Å². The lowest BCUT2D eigenvalue weighted by Crippen LogP contribution is -2.04. The summed E-state index contributed by atoms with van der Waals surface area (Å²) in [5.74, 6) is -1.45. The molecule has 0 atom stereocenters. The topological polar surface area (TPSA) is 0 Å². The van der Waals surface area contributed by atoms with Crippen LogP contribution < -0.4 is 0 Å². The van der Waals surface area contributed by atoms with Crippen LogP contribution in [0.15, 0.2) is 65.7 Å². The highest BCUT2D eigenvalue weighted by Gasteiger charge is 2.30. The molecule has 24 heavy (non-hydrogen) atoms. The number of hydrogen-bond acceptors (Lipinski definition) is 0. The summed E-state index contributed by atoms with van der Waals surface area (Å²) in [7, 11) is 0. The molecule has 0 radical (unpaired) electrons. The van der Waals surface area contributed by atoms with E-state index in [9.17, 15) is 26.3 Å². The maximum atomic E-state index is 12.4. The minimum absolute atomic E-state index is 0.0903. The van der Waals surface area contributed by atoms with Crippen LogP contribution in [0.2, 0.25) is 0 Å². The smallest absolute Gasteiger partial charge is 0.200 e. The van der Waals surface area contributed by atoms with Crippen LogP contribution in [0.3, 0.4) is 0 Å². The Hall–Kier alpha value is -2.02. The van der Waals surface area contributed by atoms with Crippen LogP contribution in [-0.2, 0) is 6.18 Å². The SMILES string of the molecule is C=Cc1ccc(C(F)(F)F)cc1Br.FC(F)=C(F)c1ccccc1. The molecule has 0 aliphatic rings. The first-order valence-electron chi connectivity index (χ1n) is 6.42. The van der Waals surface area contributed by atoms with Crippen molar-refractivity contribution in [2.45, 2.75) is 6.18 Å². The van der Waals surface area contributed by atoms with Gasteiger partial charge in [0.05, 0.1) is 5.56 Å². The summed E-state index contributed by atoms with van der Waals surface area (Å²) < 4.78 is 72.5. The van der Waals surface area contributed by atoms with Gasteiger partial charge in [-0.1, -0.05) is 65.0 Å². The molecule has 0 saturated heterocycles. The highest BCUT2D eigenvalue weighted by atomic mass is 79.9. The van der Waals surface area contributed by atoms with E-state index in [1.54, 1.807) is 6.07 Å². The van der Waals surface area contributed by atoms with Crippen molar-refractivity contribution in [3.63, 3.8) is 0 Å². The molecular weight excluding hydrogens is 398 g/mol. The number of rotatable bonds is 2. The Morgan fingerprint density at radius 2 is 1.54 bits per heavy atom. The second kappa shape index (κ2) is 8.73. The van der Waals surface area contributed by atoms with E-state index in [-0.39, 0.29) is 5.56 Å². The van der Waals surface area contributed by atoms with Crippen molar-refractivity contribution in [2.75, 3.05) is 0 Å². The van der Waals surface area contributed by atoms with Crippen LogP contribution in [0.25, 0.3) is 11.9 Å². The highest BCUT2D eigenvalue weighted by Crippen LogP contribution is 2.32. The number of benzene rings is 2. The molecule has 0 bridgehead atoms. The average molecular weight is 409 g/mol.